The number of nitrogens with one attached hydrogen (secondary N) is 1. The fourth-order valence-electron chi connectivity index (χ4n) is 2.05. The van der Waals surface area contributed by atoms with Gasteiger partial charge in [-0.2, -0.15) is 0 Å². The molecule has 1 unspecified atom stereocenters. The van der Waals surface area contributed by atoms with Gasteiger partial charge in [0.05, 0.1) is 19.0 Å². The van der Waals surface area contributed by atoms with Crippen molar-refractivity contribution in [2.24, 2.45) is 4.99 Å². The highest BCUT2D eigenvalue weighted by Crippen LogP contribution is 2.09. The molecule has 4 heteroatoms. The summed E-state index contributed by atoms with van der Waals surface area (Å²) in [6, 6.07) is 0. The van der Waals surface area contributed by atoms with Crippen LogP contribution in [0.5, 0.6) is 0 Å². The minimum atomic E-state index is 0.532. The molecule has 0 aromatic heterocycles. The van der Waals surface area contributed by atoms with Crippen molar-refractivity contribution in [1.29, 1.82) is 0 Å². The van der Waals surface area contributed by atoms with Gasteiger partial charge in [0.1, 0.15) is 0 Å². The van der Waals surface area contributed by atoms with E-state index in [1.807, 2.05) is 6.34 Å². The Labute approximate surface area is 79.6 Å². The molecule has 0 aromatic rings. The summed E-state index contributed by atoms with van der Waals surface area (Å²) in [5, 5.41) is 3.43. The van der Waals surface area contributed by atoms with Gasteiger partial charge < -0.3 is 10.2 Å². The molecule has 13 heavy (non-hydrogen) atoms. The van der Waals surface area contributed by atoms with Crippen LogP contribution in [0.3, 0.4) is 0 Å². The highest BCUT2D eigenvalue weighted by atomic mass is 15.4. The molecule has 2 heterocycles. The van der Waals surface area contributed by atoms with Gasteiger partial charge in [-0.25, -0.2) is 0 Å². The summed E-state index contributed by atoms with van der Waals surface area (Å²) in [4.78, 5) is 9.11. The Kier molecular flexibility index (Phi) is 2.80. The molecule has 0 saturated carbocycles. The van der Waals surface area contributed by atoms with Crippen molar-refractivity contribution in [2.75, 3.05) is 39.3 Å². The van der Waals surface area contributed by atoms with Gasteiger partial charge in [-0.05, 0) is 6.54 Å². The first-order chi connectivity index (χ1) is 6.42. The zero-order valence-electron chi connectivity index (χ0n) is 8.24. The van der Waals surface area contributed by atoms with Gasteiger partial charge in [-0.15, -0.1) is 0 Å². The molecule has 1 atom stereocenters. The minimum absolute atomic E-state index is 0.532. The number of hydrogen-bond acceptors (Lipinski definition) is 4. The molecule has 2 aliphatic heterocycles. The Balaban J connectivity index is 1.97. The van der Waals surface area contributed by atoms with Crippen molar-refractivity contribution >= 4 is 6.34 Å². The summed E-state index contributed by atoms with van der Waals surface area (Å²) in [7, 11) is 0. The molecule has 1 fully saturated rings. The molecule has 0 spiro atoms. The quantitative estimate of drug-likeness (QED) is 0.629. The number of rotatable bonds is 2. The lowest BCUT2D eigenvalue weighted by Crippen LogP contribution is -2.58. The van der Waals surface area contributed by atoms with Crippen molar-refractivity contribution in [3.05, 3.63) is 0 Å². The van der Waals surface area contributed by atoms with E-state index in [0.717, 1.165) is 39.3 Å². The van der Waals surface area contributed by atoms with E-state index in [2.05, 4.69) is 27.0 Å². The van der Waals surface area contributed by atoms with Crippen LogP contribution in [0.1, 0.15) is 6.92 Å². The largest absolute Gasteiger partial charge is 0.344 e. The Bertz CT molecular complexity index is 192. The molecule has 2 aliphatic rings. The summed E-state index contributed by atoms with van der Waals surface area (Å²) >= 11 is 0. The van der Waals surface area contributed by atoms with Gasteiger partial charge in [0.25, 0.3) is 0 Å². The monoisotopic (exact) mass is 182 g/mol. The van der Waals surface area contributed by atoms with E-state index >= 15 is 0 Å². The first-order valence-corrected chi connectivity index (χ1v) is 5.12. The molecule has 4 nitrogen and oxygen atoms in total. The maximum Gasteiger partial charge on any atom is 0.0956 e. The second-order valence-electron chi connectivity index (χ2n) is 3.57. The number of likely N-dealkylation sites (N-methyl/N-ethyl adjacent to an activating group) is 1. The van der Waals surface area contributed by atoms with Gasteiger partial charge in [0.2, 0.25) is 0 Å². The van der Waals surface area contributed by atoms with Gasteiger partial charge in [-0.1, -0.05) is 6.92 Å². The van der Waals surface area contributed by atoms with Crippen LogP contribution in [0.4, 0.5) is 0 Å². The molecule has 0 amide bonds. The molecule has 2 rings (SSSR count). The lowest BCUT2D eigenvalue weighted by Gasteiger charge is -2.40. The number of aliphatic imine (C=N–C) groups is 1. The van der Waals surface area contributed by atoms with E-state index in [9.17, 15) is 0 Å². The predicted octanol–water partition coefficient (Wildman–Crippen LogP) is -0.418. The smallest absolute Gasteiger partial charge is 0.0956 e. The van der Waals surface area contributed by atoms with E-state index in [1.165, 1.54) is 0 Å². The van der Waals surface area contributed by atoms with Crippen molar-refractivity contribution in [1.82, 2.24) is 15.1 Å². The maximum atomic E-state index is 4.26. The molecule has 0 aliphatic carbocycles. The fourth-order valence-corrected chi connectivity index (χ4v) is 2.05. The average Bonchev–Trinajstić information content (AvgIpc) is 2.70. The standard InChI is InChI=1S/C9H18N4/c1-2-12-5-3-10-7-9(12)13-6-4-11-8-13/h8-10H,2-7H2,1H3. The van der Waals surface area contributed by atoms with Gasteiger partial charge in [-0.3, -0.25) is 9.89 Å². The van der Waals surface area contributed by atoms with Crippen LogP contribution < -0.4 is 5.32 Å². The first-order valence-electron chi connectivity index (χ1n) is 5.12. The van der Waals surface area contributed by atoms with Gasteiger partial charge in [0, 0.05) is 26.2 Å². The highest BCUT2D eigenvalue weighted by Gasteiger charge is 2.26. The van der Waals surface area contributed by atoms with Crippen molar-refractivity contribution < 1.29 is 0 Å². The summed E-state index contributed by atoms with van der Waals surface area (Å²) in [6.45, 7) is 8.76. The molecular formula is C9H18N4. The van der Waals surface area contributed by atoms with Crippen LogP contribution in [0.15, 0.2) is 4.99 Å². The third kappa shape index (κ3) is 1.84. The van der Waals surface area contributed by atoms with Crippen molar-refractivity contribution in [3.8, 4) is 0 Å². The normalized spacial score (nSPS) is 29.9. The minimum Gasteiger partial charge on any atom is -0.344 e. The molecule has 0 radical (unpaired) electrons. The van der Waals surface area contributed by atoms with Crippen molar-refractivity contribution in [2.45, 2.75) is 13.1 Å². The molecule has 1 saturated heterocycles. The van der Waals surface area contributed by atoms with E-state index in [4.69, 9.17) is 0 Å². The topological polar surface area (TPSA) is 30.9 Å². The Morgan fingerprint density at radius 1 is 1.54 bits per heavy atom. The summed E-state index contributed by atoms with van der Waals surface area (Å²) < 4.78 is 0. The second-order valence-corrected chi connectivity index (χ2v) is 3.57. The Morgan fingerprint density at radius 2 is 2.46 bits per heavy atom. The Morgan fingerprint density at radius 3 is 3.15 bits per heavy atom. The van der Waals surface area contributed by atoms with Crippen LogP contribution in [0, 0.1) is 0 Å². The van der Waals surface area contributed by atoms with Crippen LogP contribution in [-0.2, 0) is 0 Å². The molecule has 74 valence electrons. The SMILES string of the molecule is CCN1CCNCC1N1C=NCC1. The van der Waals surface area contributed by atoms with Crippen molar-refractivity contribution in [3.63, 3.8) is 0 Å². The van der Waals surface area contributed by atoms with Crippen LogP contribution in [0.2, 0.25) is 0 Å². The van der Waals surface area contributed by atoms with Crippen LogP contribution in [-0.4, -0.2) is 61.6 Å². The van der Waals surface area contributed by atoms with E-state index in [0.29, 0.717) is 6.17 Å². The second kappa shape index (κ2) is 4.07. The van der Waals surface area contributed by atoms with E-state index in [1.54, 1.807) is 0 Å². The summed E-state index contributed by atoms with van der Waals surface area (Å²) in [6.07, 6.45) is 2.53. The summed E-state index contributed by atoms with van der Waals surface area (Å²) in [5.74, 6) is 0. The summed E-state index contributed by atoms with van der Waals surface area (Å²) in [5.41, 5.74) is 0. The maximum absolute atomic E-state index is 4.26. The van der Waals surface area contributed by atoms with Gasteiger partial charge in [0.15, 0.2) is 0 Å². The van der Waals surface area contributed by atoms with Crippen LogP contribution in [0.25, 0.3) is 0 Å². The number of nitrogens with zero attached hydrogens (tertiary/aromatic N) is 3. The predicted molar refractivity (Wildman–Crippen MR) is 54.0 cm³/mol. The van der Waals surface area contributed by atoms with E-state index in [-0.39, 0.29) is 0 Å². The van der Waals surface area contributed by atoms with Gasteiger partial charge >= 0.3 is 0 Å². The average molecular weight is 182 g/mol. The molecule has 0 bridgehead atoms. The number of piperazine rings is 1. The lowest BCUT2D eigenvalue weighted by molar-refractivity contribution is 0.0815. The van der Waals surface area contributed by atoms with E-state index < -0.39 is 0 Å². The third-order valence-corrected chi connectivity index (χ3v) is 2.83. The lowest BCUT2D eigenvalue weighted by atomic mass is 10.3. The zero-order chi connectivity index (χ0) is 9.10. The van der Waals surface area contributed by atoms with Crippen LogP contribution >= 0.6 is 0 Å². The zero-order valence-corrected chi connectivity index (χ0v) is 8.24. The third-order valence-electron chi connectivity index (χ3n) is 2.83. The fraction of sp³-hybridized carbons (Fsp3) is 0.889. The molecule has 0 aromatic carbocycles. The highest BCUT2D eigenvalue weighted by molar-refractivity contribution is 5.57. The first kappa shape index (κ1) is 8.97. The molecule has 1 N–H and O–H groups in total. The molecular weight excluding hydrogens is 164 g/mol. The Hall–Kier alpha value is -0.610. The number of hydrogen-bond donors (Lipinski definition) is 1.